The van der Waals surface area contributed by atoms with Crippen molar-refractivity contribution in [2.45, 2.75) is 17.6 Å². The summed E-state index contributed by atoms with van der Waals surface area (Å²) in [6, 6.07) is 26.0. The number of benzene rings is 3. The number of thiophene rings is 1. The summed E-state index contributed by atoms with van der Waals surface area (Å²) in [5, 5.41) is 5.88. The van der Waals surface area contributed by atoms with Crippen LogP contribution in [-0.2, 0) is 21.8 Å². The van der Waals surface area contributed by atoms with Gasteiger partial charge in [-0.2, -0.15) is 16.1 Å². The summed E-state index contributed by atoms with van der Waals surface area (Å²) in [7, 11) is -3.79. The van der Waals surface area contributed by atoms with Crippen molar-refractivity contribution in [3.05, 3.63) is 113 Å². The largest absolute Gasteiger partial charge is 0.241 e. The van der Waals surface area contributed by atoms with Crippen LogP contribution in [0.15, 0.2) is 107 Å². The van der Waals surface area contributed by atoms with Gasteiger partial charge in [0.2, 0.25) is 10.0 Å². The Balaban J connectivity index is 1.90. The van der Waals surface area contributed by atoms with Crippen molar-refractivity contribution >= 4 is 49.8 Å². The van der Waals surface area contributed by atoms with Crippen molar-refractivity contribution in [1.29, 1.82) is 0 Å². The summed E-state index contributed by atoms with van der Waals surface area (Å²) < 4.78 is 29.8. The highest BCUT2D eigenvalue weighted by Crippen LogP contribution is 2.56. The van der Waals surface area contributed by atoms with Crippen molar-refractivity contribution in [2.24, 2.45) is 0 Å². The molecule has 0 saturated carbocycles. The van der Waals surface area contributed by atoms with E-state index in [4.69, 9.17) is 11.8 Å². The Morgan fingerprint density at radius 3 is 1.87 bits per heavy atom. The molecule has 31 heavy (non-hydrogen) atoms. The quantitative estimate of drug-likeness (QED) is 0.369. The smallest absolute Gasteiger partial charge is 0.207 e. The first-order valence-corrected chi connectivity index (χ1v) is 15.0. The van der Waals surface area contributed by atoms with E-state index in [1.165, 1.54) is 11.3 Å². The monoisotopic (exact) mass is 483 g/mol. The lowest BCUT2D eigenvalue weighted by atomic mass is 10.2. The molecule has 3 aromatic carbocycles. The van der Waals surface area contributed by atoms with Gasteiger partial charge in [-0.15, -0.1) is 0 Å². The molecule has 1 atom stereocenters. The highest BCUT2D eigenvalue weighted by Gasteiger charge is 2.36. The molecule has 0 saturated heterocycles. The van der Waals surface area contributed by atoms with Crippen LogP contribution in [0.3, 0.4) is 0 Å². The molecule has 158 valence electrons. The van der Waals surface area contributed by atoms with Gasteiger partial charge in [-0.05, 0) is 52.1 Å². The van der Waals surface area contributed by atoms with Crippen molar-refractivity contribution in [3.63, 3.8) is 0 Å². The summed E-state index contributed by atoms with van der Waals surface area (Å²) in [4.78, 5) is 0.237. The second-order valence-corrected chi connectivity index (χ2v) is 14.3. The molecular formula is C24H22NO2PS3. The molecule has 0 fully saturated rings. The topological polar surface area (TPSA) is 46.2 Å². The zero-order valence-electron chi connectivity index (χ0n) is 16.9. The molecule has 4 aromatic rings. The Labute approximate surface area is 192 Å². The van der Waals surface area contributed by atoms with E-state index >= 15 is 0 Å². The fraction of sp³-hybridized carbons (Fsp3) is 0.0833. The summed E-state index contributed by atoms with van der Waals surface area (Å²) in [5.41, 5.74) is 1.89. The highest BCUT2D eigenvalue weighted by atomic mass is 32.4. The van der Waals surface area contributed by atoms with Crippen LogP contribution in [0.1, 0.15) is 16.9 Å². The van der Waals surface area contributed by atoms with Gasteiger partial charge in [0.1, 0.15) is 0 Å². The number of hydrogen-bond acceptors (Lipinski definition) is 4. The lowest BCUT2D eigenvalue weighted by molar-refractivity contribution is 0.579. The number of sulfonamides is 1. The fourth-order valence-electron chi connectivity index (χ4n) is 3.46. The zero-order chi connectivity index (χ0) is 21.9. The van der Waals surface area contributed by atoms with Gasteiger partial charge >= 0.3 is 0 Å². The van der Waals surface area contributed by atoms with Gasteiger partial charge in [-0.3, -0.25) is 0 Å². The molecule has 7 heteroatoms. The average Bonchev–Trinajstić information content (AvgIpc) is 3.33. The van der Waals surface area contributed by atoms with Gasteiger partial charge < -0.3 is 0 Å². The Kier molecular flexibility index (Phi) is 6.56. The second kappa shape index (κ2) is 9.19. The fourth-order valence-corrected chi connectivity index (χ4v) is 10.5. The van der Waals surface area contributed by atoms with Gasteiger partial charge in [0.05, 0.1) is 10.7 Å². The van der Waals surface area contributed by atoms with E-state index in [0.717, 1.165) is 21.7 Å². The van der Waals surface area contributed by atoms with Crippen molar-refractivity contribution < 1.29 is 8.42 Å². The predicted octanol–water partition coefficient (Wildman–Crippen LogP) is 5.16. The maximum atomic E-state index is 13.4. The number of rotatable bonds is 7. The van der Waals surface area contributed by atoms with Crippen LogP contribution in [0.5, 0.6) is 0 Å². The zero-order valence-corrected chi connectivity index (χ0v) is 20.2. The first-order valence-electron chi connectivity index (χ1n) is 9.73. The molecule has 1 aromatic heterocycles. The molecule has 1 N–H and O–H groups in total. The van der Waals surface area contributed by atoms with Crippen LogP contribution < -0.4 is 15.3 Å². The third-order valence-electron chi connectivity index (χ3n) is 5.10. The van der Waals surface area contributed by atoms with Crippen LogP contribution >= 0.6 is 17.4 Å². The van der Waals surface area contributed by atoms with Gasteiger partial charge in [0, 0.05) is 6.04 Å². The minimum Gasteiger partial charge on any atom is -0.207 e. The van der Waals surface area contributed by atoms with Crippen LogP contribution in [0.2, 0.25) is 0 Å². The molecule has 0 spiro atoms. The van der Waals surface area contributed by atoms with E-state index in [1.54, 1.807) is 24.3 Å². The molecule has 4 rings (SSSR count). The Bertz CT molecular complexity index is 1240. The second-order valence-electron chi connectivity index (χ2n) is 7.22. The SMILES string of the molecule is Cc1ccc(S(=O)(=O)N[C@H](c2ccsc2)P(=S)(c2ccccc2)c2ccccc2)cc1. The van der Waals surface area contributed by atoms with Crippen molar-refractivity contribution in [1.82, 2.24) is 4.72 Å². The van der Waals surface area contributed by atoms with Crippen LogP contribution in [0.4, 0.5) is 0 Å². The standard InChI is InChI=1S/C24H22NO2PS3/c1-19-12-14-23(15-13-19)31(26,27)25-24(20-16-17-30-18-20)28(29,21-8-4-2-5-9-21)22-10-6-3-7-11-22/h2-18,24-25H,1H3/t24-/m0/s1. The Morgan fingerprint density at radius 2 is 1.39 bits per heavy atom. The molecule has 0 unspecified atom stereocenters. The molecule has 0 aliphatic heterocycles. The van der Waals surface area contributed by atoms with Crippen molar-refractivity contribution in [2.75, 3.05) is 0 Å². The molecular weight excluding hydrogens is 461 g/mol. The number of aryl methyl sites for hydroxylation is 1. The number of hydrogen-bond donors (Lipinski definition) is 1. The third-order valence-corrected chi connectivity index (χ3v) is 12.6. The van der Waals surface area contributed by atoms with Crippen molar-refractivity contribution in [3.8, 4) is 0 Å². The summed E-state index contributed by atoms with van der Waals surface area (Å²) in [6.07, 6.45) is 0. The Morgan fingerprint density at radius 1 is 0.839 bits per heavy atom. The Hall–Kier alpha value is -2.08. The van der Waals surface area contributed by atoms with Gasteiger partial charge in [-0.25, -0.2) is 8.42 Å². The number of nitrogens with one attached hydrogen (secondary N) is 1. The van der Waals surface area contributed by atoms with Crippen LogP contribution in [-0.4, -0.2) is 8.42 Å². The maximum Gasteiger partial charge on any atom is 0.241 e. The van der Waals surface area contributed by atoms with Crippen LogP contribution in [0.25, 0.3) is 0 Å². The van der Waals surface area contributed by atoms with E-state index in [-0.39, 0.29) is 4.90 Å². The molecule has 0 aliphatic rings. The van der Waals surface area contributed by atoms with Gasteiger partial charge in [0.15, 0.2) is 0 Å². The van der Waals surface area contributed by atoms with Crippen LogP contribution in [0, 0.1) is 6.92 Å². The molecule has 0 aliphatic carbocycles. The summed E-state index contributed by atoms with van der Waals surface area (Å²) in [5.74, 6) is -0.565. The van der Waals surface area contributed by atoms with E-state index in [1.807, 2.05) is 84.4 Å². The summed E-state index contributed by atoms with van der Waals surface area (Å²) >= 11 is 7.97. The highest BCUT2D eigenvalue weighted by molar-refractivity contribution is 8.22. The minimum atomic E-state index is -3.79. The molecule has 0 amide bonds. The lowest BCUT2D eigenvalue weighted by Gasteiger charge is -2.32. The third kappa shape index (κ3) is 4.59. The minimum absolute atomic E-state index is 0.237. The predicted molar refractivity (Wildman–Crippen MR) is 135 cm³/mol. The first kappa shape index (κ1) is 22.1. The van der Waals surface area contributed by atoms with E-state index < -0.39 is 21.8 Å². The van der Waals surface area contributed by atoms with E-state index in [9.17, 15) is 8.42 Å². The molecule has 3 nitrogen and oxygen atoms in total. The normalized spacial score (nSPS) is 13.1. The van der Waals surface area contributed by atoms with E-state index in [0.29, 0.717) is 0 Å². The first-order chi connectivity index (χ1) is 14.9. The average molecular weight is 484 g/mol. The maximum absolute atomic E-state index is 13.4. The molecule has 0 bridgehead atoms. The lowest BCUT2D eigenvalue weighted by Crippen LogP contribution is -2.34. The van der Waals surface area contributed by atoms with Gasteiger partial charge in [-0.1, -0.05) is 90.2 Å². The van der Waals surface area contributed by atoms with Gasteiger partial charge in [0.25, 0.3) is 0 Å². The molecule has 0 radical (unpaired) electrons. The molecule has 1 heterocycles. The van der Waals surface area contributed by atoms with E-state index in [2.05, 4.69) is 4.72 Å². The summed E-state index contributed by atoms with van der Waals surface area (Å²) in [6.45, 7) is 1.93.